The molecule has 0 aliphatic heterocycles. The molecule has 2 rings (SSSR count). The molecule has 2 aromatic rings. The maximum Gasteiger partial charge on any atom is 0.101 e. The Kier molecular flexibility index (Phi) is 1.38. The van der Waals surface area contributed by atoms with E-state index in [1.54, 1.807) is 0 Å². The minimum Gasteiger partial charge on any atom is -0.349 e. The Morgan fingerprint density at radius 1 is 1.58 bits per heavy atom. The normalized spacial score (nSPS) is 10.0. The highest BCUT2D eigenvalue weighted by Gasteiger charge is 2.03. The van der Waals surface area contributed by atoms with E-state index < -0.39 is 0 Å². The number of fused-ring (bicyclic) bond motifs is 1. The average Bonchev–Trinajstić information content (AvgIpc) is 2.44. The Morgan fingerprint density at radius 2 is 2.42 bits per heavy atom. The van der Waals surface area contributed by atoms with Gasteiger partial charge >= 0.3 is 0 Å². The summed E-state index contributed by atoms with van der Waals surface area (Å²) in [5.74, 6) is 0. The summed E-state index contributed by atoms with van der Waals surface area (Å²) in [5.41, 5.74) is 1.79. The zero-order chi connectivity index (χ0) is 8.55. The zero-order valence-corrected chi connectivity index (χ0v) is 6.70. The van der Waals surface area contributed by atoms with E-state index in [0.717, 1.165) is 10.9 Å². The second-order valence-corrected chi connectivity index (χ2v) is 2.71. The Hall–Kier alpha value is -1.75. The van der Waals surface area contributed by atoms with Crippen LogP contribution in [0.1, 0.15) is 5.56 Å². The van der Waals surface area contributed by atoms with Gasteiger partial charge in [-0.1, -0.05) is 6.07 Å². The lowest BCUT2D eigenvalue weighted by Gasteiger charge is -1.91. The fourth-order valence-corrected chi connectivity index (χ4v) is 1.37. The van der Waals surface area contributed by atoms with E-state index in [1.807, 2.05) is 36.0 Å². The second-order valence-electron chi connectivity index (χ2n) is 2.71. The molecule has 0 aliphatic carbocycles. The molecule has 12 heavy (non-hydrogen) atoms. The van der Waals surface area contributed by atoms with Crippen LogP contribution in [0.25, 0.3) is 10.9 Å². The van der Waals surface area contributed by atoms with Crippen LogP contribution in [0.5, 0.6) is 0 Å². The highest BCUT2D eigenvalue weighted by molar-refractivity contribution is 5.86. The van der Waals surface area contributed by atoms with Gasteiger partial charge in [-0.05, 0) is 18.2 Å². The largest absolute Gasteiger partial charge is 0.349 e. The Bertz CT molecular complexity index is 460. The summed E-state index contributed by atoms with van der Waals surface area (Å²) in [7, 11) is 1.93. The number of nitriles is 1. The van der Waals surface area contributed by atoms with Gasteiger partial charge in [0.25, 0.3) is 0 Å². The third-order valence-electron chi connectivity index (χ3n) is 1.95. The maximum atomic E-state index is 8.77. The lowest BCUT2D eigenvalue weighted by Crippen LogP contribution is -1.81. The van der Waals surface area contributed by atoms with Crippen LogP contribution < -0.4 is 0 Å². The molecule has 2 nitrogen and oxygen atoms in total. The molecular formula is C10H7N2. The molecule has 0 N–H and O–H groups in total. The van der Waals surface area contributed by atoms with Gasteiger partial charge < -0.3 is 4.57 Å². The molecule has 0 unspecified atom stereocenters. The fraction of sp³-hybridized carbons (Fsp3) is 0.100. The number of rotatable bonds is 0. The van der Waals surface area contributed by atoms with Crippen LogP contribution in [0.2, 0.25) is 0 Å². The van der Waals surface area contributed by atoms with Crippen molar-refractivity contribution in [3.8, 4) is 6.07 Å². The monoisotopic (exact) mass is 155 g/mol. The van der Waals surface area contributed by atoms with E-state index in [2.05, 4.69) is 12.1 Å². The van der Waals surface area contributed by atoms with Crippen molar-refractivity contribution in [3.63, 3.8) is 0 Å². The van der Waals surface area contributed by atoms with E-state index in [0.29, 0.717) is 5.56 Å². The van der Waals surface area contributed by atoms with Crippen molar-refractivity contribution in [2.24, 2.45) is 7.05 Å². The highest BCUT2D eigenvalue weighted by Crippen LogP contribution is 2.18. The Balaban J connectivity index is 2.94. The van der Waals surface area contributed by atoms with E-state index in [1.165, 1.54) is 0 Å². The van der Waals surface area contributed by atoms with Crippen molar-refractivity contribution >= 4 is 10.9 Å². The van der Waals surface area contributed by atoms with Crippen LogP contribution >= 0.6 is 0 Å². The van der Waals surface area contributed by atoms with Gasteiger partial charge in [0.2, 0.25) is 0 Å². The molecule has 1 aromatic carbocycles. The molecule has 0 saturated heterocycles. The fourth-order valence-electron chi connectivity index (χ4n) is 1.37. The first-order valence-electron chi connectivity index (χ1n) is 3.68. The van der Waals surface area contributed by atoms with Crippen molar-refractivity contribution in [1.29, 1.82) is 5.26 Å². The molecule has 0 fully saturated rings. The van der Waals surface area contributed by atoms with Crippen LogP contribution in [0.4, 0.5) is 0 Å². The number of hydrogen-bond acceptors (Lipinski definition) is 1. The van der Waals surface area contributed by atoms with Crippen LogP contribution in [-0.2, 0) is 7.05 Å². The molecule has 0 saturated carbocycles. The van der Waals surface area contributed by atoms with E-state index in [4.69, 9.17) is 5.26 Å². The summed E-state index contributed by atoms with van der Waals surface area (Å²) in [4.78, 5) is 0. The van der Waals surface area contributed by atoms with Gasteiger partial charge in [0.1, 0.15) is 6.07 Å². The lowest BCUT2D eigenvalue weighted by atomic mass is 10.2. The molecule has 0 atom stereocenters. The van der Waals surface area contributed by atoms with E-state index in [-0.39, 0.29) is 0 Å². The summed E-state index contributed by atoms with van der Waals surface area (Å²) >= 11 is 0. The van der Waals surface area contributed by atoms with Crippen molar-refractivity contribution in [3.05, 3.63) is 36.0 Å². The average molecular weight is 155 g/mol. The molecule has 0 spiro atoms. The quantitative estimate of drug-likeness (QED) is 0.570. The molecular weight excluding hydrogens is 148 g/mol. The summed E-state index contributed by atoms with van der Waals surface area (Å²) < 4.78 is 1.95. The molecule has 1 aromatic heterocycles. The second kappa shape index (κ2) is 2.38. The molecule has 1 radical (unpaired) electrons. The van der Waals surface area contributed by atoms with Gasteiger partial charge in [-0.3, -0.25) is 0 Å². The molecule has 0 amide bonds. The molecule has 57 valence electrons. The van der Waals surface area contributed by atoms with Gasteiger partial charge in [0.15, 0.2) is 0 Å². The van der Waals surface area contributed by atoms with Gasteiger partial charge in [0, 0.05) is 24.1 Å². The number of nitrogens with zero attached hydrogens (tertiary/aromatic N) is 2. The predicted octanol–water partition coefficient (Wildman–Crippen LogP) is 1.85. The molecule has 2 heteroatoms. The van der Waals surface area contributed by atoms with Crippen LogP contribution in [0.15, 0.2) is 24.4 Å². The molecule has 0 bridgehead atoms. The minimum atomic E-state index is 0.712. The van der Waals surface area contributed by atoms with Gasteiger partial charge in [-0.2, -0.15) is 5.26 Å². The molecule has 1 heterocycles. The van der Waals surface area contributed by atoms with Crippen molar-refractivity contribution < 1.29 is 0 Å². The summed E-state index contributed by atoms with van der Waals surface area (Å²) in [6.07, 6.45) is 1.83. The van der Waals surface area contributed by atoms with E-state index >= 15 is 0 Å². The Morgan fingerprint density at radius 3 is 3.17 bits per heavy atom. The number of aromatic nitrogens is 1. The number of aryl methyl sites for hydroxylation is 1. The third-order valence-corrected chi connectivity index (χ3v) is 1.95. The standard InChI is InChI=1S/C10H7N2/c1-12-7-8(6-11)9-4-2-3-5-10(9)12/h3-5,7H,1H3. The van der Waals surface area contributed by atoms with Crippen LogP contribution in [0, 0.1) is 17.4 Å². The SMILES string of the molecule is Cn1cc(C#N)c2c[c]ccc21. The van der Waals surface area contributed by atoms with Gasteiger partial charge in [-0.15, -0.1) is 0 Å². The third kappa shape index (κ3) is 0.802. The lowest BCUT2D eigenvalue weighted by molar-refractivity contribution is 0.967. The first-order valence-corrected chi connectivity index (χ1v) is 3.68. The Labute approximate surface area is 70.7 Å². The molecule has 0 aliphatic rings. The summed E-state index contributed by atoms with van der Waals surface area (Å²) in [6.45, 7) is 0. The summed E-state index contributed by atoms with van der Waals surface area (Å²) in [5, 5.41) is 9.75. The van der Waals surface area contributed by atoms with Gasteiger partial charge in [0.05, 0.1) is 5.56 Å². The first-order chi connectivity index (χ1) is 5.83. The van der Waals surface area contributed by atoms with Crippen LogP contribution in [-0.4, -0.2) is 4.57 Å². The number of benzene rings is 1. The highest BCUT2D eigenvalue weighted by atomic mass is 14.9. The maximum absolute atomic E-state index is 8.77. The summed E-state index contributed by atoms with van der Waals surface area (Å²) in [6, 6.07) is 10.8. The minimum absolute atomic E-state index is 0.712. The van der Waals surface area contributed by atoms with Crippen molar-refractivity contribution in [1.82, 2.24) is 4.57 Å². The first kappa shape index (κ1) is 6.93. The van der Waals surface area contributed by atoms with Gasteiger partial charge in [-0.25, -0.2) is 0 Å². The number of hydrogen-bond donors (Lipinski definition) is 0. The smallest absolute Gasteiger partial charge is 0.101 e. The topological polar surface area (TPSA) is 28.7 Å². The van der Waals surface area contributed by atoms with Crippen LogP contribution in [0.3, 0.4) is 0 Å². The van der Waals surface area contributed by atoms with Crippen molar-refractivity contribution in [2.45, 2.75) is 0 Å². The van der Waals surface area contributed by atoms with Crippen molar-refractivity contribution in [2.75, 3.05) is 0 Å². The zero-order valence-electron chi connectivity index (χ0n) is 6.70. The predicted molar refractivity (Wildman–Crippen MR) is 46.5 cm³/mol. The van der Waals surface area contributed by atoms with E-state index in [9.17, 15) is 0 Å².